The maximum atomic E-state index is 12.3. The Bertz CT molecular complexity index is 965. The van der Waals surface area contributed by atoms with E-state index < -0.39 is 11.2 Å². The molecule has 9 heteroatoms. The van der Waals surface area contributed by atoms with Gasteiger partial charge < -0.3 is 4.57 Å². The van der Waals surface area contributed by atoms with Crippen molar-refractivity contribution in [1.82, 2.24) is 23.7 Å². The van der Waals surface area contributed by atoms with Crippen LogP contribution in [0.25, 0.3) is 11.2 Å². The summed E-state index contributed by atoms with van der Waals surface area (Å²) in [5.41, 5.74) is 0.530. The van der Waals surface area contributed by atoms with E-state index in [9.17, 15) is 9.59 Å². The lowest BCUT2D eigenvalue weighted by atomic mass is 10.4. The Morgan fingerprint density at radius 1 is 1.24 bits per heavy atom. The van der Waals surface area contributed by atoms with E-state index in [-0.39, 0.29) is 10.9 Å². The number of aryl methyl sites for hydroxylation is 2. The van der Waals surface area contributed by atoms with Gasteiger partial charge in [-0.25, -0.2) is 9.78 Å². The molecule has 110 valence electrons. The van der Waals surface area contributed by atoms with E-state index >= 15 is 0 Å². The average molecular weight is 326 g/mol. The number of imidazole rings is 1. The second-order valence-corrected chi connectivity index (χ2v) is 6.10. The Balaban J connectivity index is 2.31. The molecule has 0 N–H and O–H groups in total. The van der Waals surface area contributed by atoms with E-state index in [0.29, 0.717) is 12.1 Å². The zero-order chi connectivity index (χ0) is 15.3. The minimum Gasteiger partial charge on any atom is -0.303 e. The van der Waals surface area contributed by atoms with Crippen molar-refractivity contribution in [2.45, 2.75) is 13.5 Å². The van der Waals surface area contributed by atoms with Crippen molar-refractivity contribution in [3.8, 4) is 0 Å². The molecule has 7 nitrogen and oxygen atoms in total. The van der Waals surface area contributed by atoms with Gasteiger partial charge in [0, 0.05) is 19.5 Å². The first kappa shape index (κ1) is 14.0. The van der Waals surface area contributed by atoms with Crippen molar-refractivity contribution in [2.75, 3.05) is 0 Å². The van der Waals surface area contributed by atoms with Gasteiger partial charge in [-0.15, -0.1) is 11.3 Å². The van der Waals surface area contributed by atoms with Gasteiger partial charge in [0.2, 0.25) is 5.28 Å². The van der Waals surface area contributed by atoms with Crippen LogP contribution in [0, 0.1) is 6.92 Å². The van der Waals surface area contributed by atoms with Crippen molar-refractivity contribution in [2.24, 2.45) is 14.1 Å². The minimum atomic E-state index is -0.432. The van der Waals surface area contributed by atoms with E-state index in [0.717, 1.165) is 15.3 Å². The fourth-order valence-corrected chi connectivity index (χ4v) is 3.04. The van der Waals surface area contributed by atoms with Gasteiger partial charge in [0.15, 0.2) is 11.2 Å². The summed E-state index contributed by atoms with van der Waals surface area (Å²) in [6.45, 7) is 2.25. The highest BCUT2D eigenvalue weighted by Gasteiger charge is 2.18. The maximum absolute atomic E-state index is 12.3. The van der Waals surface area contributed by atoms with Crippen molar-refractivity contribution in [3.63, 3.8) is 0 Å². The number of thiazole rings is 1. The summed E-state index contributed by atoms with van der Waals surface area (Å²) < 4.78 is 3.93. The number of hydrogen-bond donors (Lipinski definition) is 0. The fraction of sp³-hybridized carbons (Fsp3) is 0.333. The third-order valence-electron chi connectivity index (χ3n) is 3.29. The molecule has 0 fully saturated rings. The highest BCUT2D eigenvalue weighted by molar-refractivity contribution is 7.09. The van der Waals surface area contributed by atoms with Crippen LogP contribution in [0.5, 0.6) is 0 Å². The molecule has 3 aromatic rings. The second kappa shape index (κ2) is 4.81. The summed E-state index contributed by atoms with van der Waals surface area (Å²) in [5.74, 6) is 0. The molecule has 0 saturated heterocycles. The van der Waals surface area contributed by atoms with Crippen LogP contribution >= 0.6 is 22.9 Å². The third kappa shape index (κ3) is 2.11. The smallest absolute Gasteiger partial charge is 0.303 e. The standard InChI is InChI=1S/C12H12ClN5O2S/c1-6-14-7(5-21-6)4-18-8-9(15-11(18)13)16(2)12(20)17(3)10(8)19/h5H,4H2,1-3H3. The molecule has 3 heterocycles. The summed E-state index contributed by atoms with van der Waals surface area (Å²) in [7, 11) is 2.99. The first-order valence-electron chi connectivity index (χ1n) is 6.13. The topological polar surface area (TPSA) is 74.7 Å². The Labute approximate surface area is 128 Å². The van der Waals surface area contributed by atoms with Crippen LogP contribution < -0.4 is 11.2 Å². The van der Waals surface area contributed by atoms with Gasteiger partial charge in [-0.3, -0.25) is 13.9 Å². The molecule has 0 spiro atoms. The molecule has 3 rings (SSSR count). The summed E-state index contributed by atoms with van der Waals surface area (Å²) in [6, 6.07) is 0. The number of nitrogens with zero attached hydrogens (tertiary/aromatic N) is 5. The second-order valence-electron chi connectivity index (χ2n) is 4.70. The van der Waals surface area contributed by atoms with Crippen LogP contribution in [0.3, 0.4) is 0 Å². The highest BCUT2D eigenvalue weighted by atomic mass is 35.5. The van der Waals surface area contributed by atoms with Gasteiger partial charge in [0.25, 0.3) is 5.56 Å². The Kier molecular flexibility index (Phi) is 3.22. The zero-order valence-electron chi connectivity index (χ0n) is 11.6. The van der Waals surface area contributed by atoms with E-state index in [1.54, 1.807) is 11.6 Å². The minimum absolute atomic E-state index is 0.161. The van der Waals surface area contributed by atoms with Crippen molar-refractivity contribution < 1.29 is 0 Å². The quantitative estimate of drug-likeness (QED) is 0.656. The summed E-state index contributed by atoms with van der Waals surface area (Å²) in [4.78, 5) is 32.7. The van der Waals surface area contributed by atoms with Gasteiger partial charge in [-0.1, -0.05) is 0 Å². The summed E-state index contributed by atoms with van der Waals surface area (Å²) >= 11 is 7.66. The van der Waals surface area contributed by atoms with E-state index in [1.807, 2.05) is 12.3 Å². The number of halogens is 1. The van der Waals surface area contributed by atoms with Crippen LogP contribution in [0.1, 0.15) is 10.7 Å². The van der Waals surface area contributed by atoms with Crippen LogP contribution in [0.4, 0.5) is 0 Å². The van der Waals surface area contributed by atoms with E-state index in [1.165, 1.54) is 23.0 Å². The van der Waals surface area contributed by atoms with Gasteiger partial charge >= 0.3 is 5.69 Å². The first-order valence-corrected chi connectivity index (χ1v) is 7.38. The molecule has 0 aliphatic carbocycles. The SMILES string of the molecule is Cc1nc(Cn2c(Cl)nc3c2c(=O)n(C)c(=O)n3C)cs1. The predicted molar refractivity (Wildman–Crippen MR) is 81.2 cm³/mol. The summed E-state index contributed by atoms with van der Waals surface area (Å²) in [5, 5.41) is 3.00. The van der Waals surface area contributed by atoms with Gasteiger partial charge in [-0.2, -0.15) is 4.98 Å². The molecule has 0 unspecified atom stereocenters. The number of hydrogen-bond acceptors (Lipinski definition) is 5. The number of rotatable bonds is 2. The monoisotopic (exact) mass is 325 g/mol. The molecule has 3 aromatic heterocycles. The van der Waals surface area contributed by atoms with E-state index in [2.05, 4.69) is 9.97 Å². The average Bonchev–Trinajstić information content (AvgIpc) is 2.99. The molecule has 0 aliphatic heterocycles. The maximum Gasteiger partial charge on any atom is 0.332 e. The van der Waals surface area contributed by atoms with Crippen LogP contribution in [0.15, 0.2) is 15.0 Å². The lowest BCUT2D eigenvalue weighted by molar-refractivity contribution is 0.701. The molecule has 0 amide bonds. The molecule has 21 heavy (non-hydrogen) atoms. The molecule has 0 aromatic carbocycles. The van der Waals surface area contributed by atoms with Crippen LogP contribution in [-0.2, 0) is 20.6 Å². The first-order chi connectivity index (χ1) is 9.90. The van der Waals surface area contributed by atoms with Crippen molar-refractivity contribution >= 4 is 34.1 Å². The molecular weight excluding hydrogens is 314 g/mol. The molecule has 0 radical (unpaired) electrons. The molecular formula is C12H12ClN5O2S. The van der Waals surface area contributed by atoms with Crippen LogP contribution in [0.2, 0.25) is 5.28 Å². The molecule has 0 atom stereocenters. The third-order valence-corrected chi connectivity index (χ3v) is 4.40. The zero-order valence-corrected chi connectivity index (χ0v) is 13.2. The predicted octanol–water partition coefficient (Wildman–Crippen LogP) is 0.900. The number of aromatic nitrogens is 5. The largest absolute Gasteiger partial charge is 0.332 e. The number of fused-ring (bicyclic) bond motifs is 1. The van der Waals surface area contributed by atoms with Gasteiger partial charge in [0.1, 0.15) is 0 Å². The lowest BCUT2D eigenvalue weighted by Crippen LogP contribution is -2.37. The van der Waals surface area contributed by atoms with E-state index in [4.69, 9.17) is 11.6 Å². The molecule has 0 aliphatic rings. The van der Waals surface area contributed by atoms with Crippen LogP contribution in [-0.4, -0.2) is 23.7 Å². The van der Waals surface area contributed by atoms with Gasteiger partial charge in [-0.05, 0) is 18.5 Å². The Morgan fingerprint density at radius 3 is 2.57 bits per heavy atom. The highest BCUT2D eigenvalue weighted by Crippen LogP contribution is 2.18. The van der Waals surface area contributed by atoms with Crippen molar-refractivity contribution in [3.05, 3.63) is 42.2 Å². The normalized spacial score (nSPS) is 11.4. The lowest BCUT2D eigenvalue weighted by Gasteiger charge is -2.05. The van der Waals surface area contributed by atoms with Gasteiger partial charge in [0.05, 0.1) is 17.2 Å². The summed E-state index contributed by atoms with van der Waals surface area (Å²) in [6.07, 6.45) is 0. The Hall–Kier alpha value is -1.93. The Morgan fingerprint density at radius 2 is 1.95 bits per heavy atom. The van der Waals surface area contributed by atoms with Crippen molar-refractivity contribution in [1.29, 1.82) is 0 Å². The fourth-order valence-electron chi connectivity index (χ4n) is 2.21. The molecule has 0 bridgehead atoms. The molecule has 0 saturated carbocycles.